The monoisotopic (exact) mass is 432 g/mol. The van der Waals surface area contributed by atoms with Crippen LogP contribution in [0.5, 0.6) is 0 Å². The molecule has 3 aromatic heterocycles. The zero-order valence-electron chi connectivity index (χ0n) is 16.0. The van der Waals surface area contributed by atoms with Crippen molar-refractivity contribution in [2.45, 2.75) is 6.42 Å². The maximum Gasteiger partial charge on any atom is 0.325 e. The van der Waals surface area contributed by atoms with Gasteiger partial charge in [0.2, 0.25) is 0 Å². The van der Waals surface area contributed by atoms with Crippen molar-refractivity contribution in [1.82, 2.24) is 24.9 Å². The molecule has 0 aliphatic carbocycles. The molecule has 4 heterocycles. The largest absolute Gasteiger partial charge is 0.325 e. The molecule has 0 saturated heterocycles. The molecular formula is C22H14ClFN6O. The third kappa shape index (κ3) is 2.87. The van der Waals surface area contributed by atoms with E-state index in [-0.39, 0.29) is 10.7 Å². The van der Waals surface area contributed by atoms with Gasteiger partial charge in [-0.15, -0.1) is 0 Å². The summed E-state index contributed by atoms with van der Waals surface area (Å²) in [5.41, 5.74) is 5.16. The van der Waals surface area contributed by atoms with E-state index in [0.717, 1.165) is 39.1 Å². The summed E-state index contributed by atoms with van der Waals surface area (Å²) in [6.45, 7) is 0.670. The van der Waals surface area contributed by atoms with Crippen LogP contribution in [-0.4, -0.2) is 31.5 Å². The van der Waals surface area contributed by atoms with E-state index in [2.05, 4.69) is 24.9 Å². The molecule has 0 fully saturated rings. The number of H-pyrrole nitrogens is 2. The molecule has 0 amide bonds. The Morgan fingerprint density at radius 1 is 1.03 bits per heavy atom. The smallest absolute Gasteiger partial charge is 0.325 e. The van der Waals surface area contributed by atoms with Gasteiger partial charge in [-0.05, 0) is 47.9 Å². The van der Waals surface area contributed by atoms with Crippen LogP contribution in [0.25, 0.3) is 33.2 Å². The third-order valence-electron chi connectivity index (χ3n) is 5.59. The molecule has 7 nitrogen and oxygen atoms in total. The van der Waals surface area contributed by atoms with Crippen LogP contribution in [0.1, 0.15) is 5.56 Å². The molecule has 2 aromatic carbocycles. The van der Waals surface area contributed by atoms with Crippen molar-refractivity contribution in [1.29, 1.82) is 0 Å². The molecule has 0 bridgehead atoms. The number of hydrogen-bond acceptors (Lipinski definition) is 5. The number of hydrogen-bond donors (Lipinski definition) is 2. The van der Waals surface area contributed by atoms with Crippen molar-refractivity contribution in [2.24, 2.45) is 0 Å². The van der Waals surface area contributed by atoms with Crippen molar-refractivity contribution >= 4 is 45.2 Å². The van der Waals surface area contributed by atoms with Gasteiger partial charge in [0, 0.05) is 29.4 Å². The highest BCUT2D eigenvalue weighted by molar-refractivity contribution is 6.31. The molecule has 0 atom stereocenters. The minimum Gasteiger partial charge on any atom is -0.325 e. The van der Waals surface area contributed by atoms with Gasteiger partial charge >= 0.3 is 5.69 Å². The van der Waals surface area contributed by atoms with E-state index in [4.69, 9.17) is 11.6 Å². The normalized spacial score (nSPS) is 13.3. The first kappa shape index (κ1) is 18.0. The highest BCUT2D eigenvalue weighted by Crippen LogP contribution is 2.39. The minimum absolute atomic E-state index is 0.0876. The zero-order valence-corrected chi connectivity index (χ0v) is 16.7. The number of pyridine rings is 1. The highest BCUT2D eigenvalue weighted by Gasteiger charge is 2.25. The lowest BCUT2D eigenvalue weighted by Crippen LogP contribution is -2.15. The second-order valence-corrected chi connectivity index (χ2v) is 7.83. The summed E-state index contributed by atoms with van der Waals surface area (Å²) in [4.78, 5) is 32.2. The van der Waals surface area contributed by atoms with Gasteiger partial charge in [-0.25, -0.2) is 24.1 Å². The lowest BCUT2D eigenvalue weighted by molar-refractivity contribution is 0.627. The molecule has 0 spiro atoms. The zero-order chi connectivity index (χ0) is 21.1. The van der Waals surface area contributed by atoms with E-state index >= 15 is 0 Å². The van der Waals surface area contributed by atoms with Crippen LogP contribution >= 0.6 is 11.6 Å². The van der Waals surface area contributed by atoms with Gasteiger partial charge in [0.15, 0.2) is 5.65 Å². The number of fused-ring (bicyclic) bond motifs is 3. The van der Waals surface area contributed by atoms with Gasteiger partial charge in [0.1, 0.15) is 18.0 Å². The Hall–Kier alpha value is -3.78. The Morgan fingerprint density at radius 2 is 1.94 bits per heavy atom. The summed E-state index contributed by atoms with van der Waals surface area (Å²) >= 11 is 6.05. The summed E-state index contributed by atoms with van der Waals surface area (Å²) in [6.07, 6.45) is 3.94. The molecule has 1 aliphatic rings. The number of rotatable bonds is 2. The molecule has 0 radical (unpaired) electrons. The summed E-state index contributed by atoms with van der Waals surface area (Å²) in [6, 6.07) is 10.9. The summed E-state index contributed by atoms with van der Waals surface area (Å²) in [5.74, 6) is 0.320. The van der Waals surface area contributed by atoms with Crippen LogP contribution in [0.3, 0.4) is 0 Å². The van der Waals surface area contributed by atoms with Crippen LogP contribution in [0, 0.1) is 5.82 Å². The molecule has 0 unspecified atom stereocenters. The van der Waals surface area contributed by atoms with Crippen LogP contribution in [0.15, 0.2) is 53.7 Å². The fourth-order valence-corrected chi connectivity index (χ4v) is 4.28. The van der Waals surface area contributed by atoms with Crippen molar-refractivity contribution < 1.29 is 4.39 Å². The second kappa shape index (κ2) is 6.61. The van der Waals surface area contributed by atoms with E-state index in [1.54, 1.807) is 12.3 Å². The van der Waals surface area contributed by atoms with Gasteiger partial charge in [-0.1, -0.05) is 17.7 Å². The molecule has 0 saturated carbocycles. The maximum atomic E-state index is 13.9. The summed E-state index contributed by atoms with van der Waals surface area (Å²) in [7, 11) is 0. The van der Waals surface area contributed by atoms with Gasteiger partial charge in [-0.2, -0.15) is 0 Å². The first-order chi connectivity index (χ1) is 15.1. The fraction of sp³-hybridized carbons (Fsp3) is 0.0909. The average Bonchev–Trinajstić information content (AvgIpc) is 3.34. The number of aromatic amines is 2. The van der Waals surface area contributed by atoms with Crippen molar-refractivity contribution in [2.75, 3.05) is 11.4 Å². The summed E-state index contributed by atoms with van der Waals surface area (Å²) in [5, 5.41) is 0.945. The number of benzene rings is 2. The maximum absolute atomic E-state index is 13.9. The highest BCUT2D eigenvalue weighted by atomic mass is 35.5. The quantitative estimate of drug-likeness (QED) is 0.433. The molecule has 6 rings (SSSR count). The molecule has 5 aromatic rings. The molecule has 152 valence electrons. The van der Waals surface area contributed by atoms with E-state index in [1.165, 1.54) is 12.4 Å². The van der Waals surface area contributed by atoms with Crippen LogP contribution in [0.4, 0.5) is 15.9 Å². The van der Waals surface area contributed by atoms with Gasteiger partial charge in [-0.3, -0.25) is 4.98 Å². The second-order valence-electron chi connectivity index (χ2n) is 7.43. The molecule has 9 heteroatoms. The molecular weight excluding hydrogens is 419 g/mol. The van der Waals surface area contributed by atoms with E-state index < -0.39 is 5.82 Å². The SMILES string of the molecule is O=c1[nH]c2cc(-c3ccc4ncnc(N5CCc6cc(F)c(Cl)cc65)c4c3)cnc2[nH]1. The number of imidazole rings is 1. The van der Waals surface area contributed by atoms with Gasteiger partial charge in [0.05, 0.1) is 16.1 Å². The minimum atomic E-state index is -0.414. The number of nitrogens with zero attached hydrogens (tertiary/aromatic N) is 4. The third-order valence-corrected chi connectivity index (χ3v) is 5.88. The first-order valence-corrected chi connectivity index (χ1v) is 10.0. The lowest BCUT2D eigenvalue weighted by Gasteiger charge is -2.20. The molecule has 2 N–H and O–H groups in total. The fourth-order valence-electron chi connectivity index (χ4n) is 4.12. The van der Waals surface area contributed by atoms with Crippen molar-refractivity contribution in [3.8, 4) is 11.1 Å². The van der Waals surface area contributed by atoms with Crippen LogP contribution in [-0.2, 0) is 6.42 Å². The van der Waals surface area contributed by atoms with Gasteiger partial charge in [0.25, 0.3) is 0 Å². The molecule has 31 heavy (non-hydrogen) atoms. The van der Waals surface area contributed by atoms with E-state index in [0.29, 0.717) is 24.1 Å². The standard InChI is InChI=1S/C22H14ClFN6O/c23-15-8-19-12(6-16(15)24)3-4-30(19)21-14-5-11(1-2-17(14)26-10-27-21)13-7-18-20(25-9-13)29-22(31)28-18/h1-2,5-10H,3-4H2,(H2,25,28,29,31). The van der Waals surface area contributed by atoms with Crippen molar-refractivity contribution in [3.63, 3.8) is 0 Å². The predicted molar refractivity (Wildman–Crippen MR) is 117 cm³/mol. The van der Waals surface area contributed by atoms with E-state index in [1.807, 2.05) is 29.2 Å². The number of nitrogens with one attached hydrogen (secondary N) is 2. The number of anilines is 2. The van der Waals surface area contributed by atoms with Gasteiger partial charge < -0.3 is 9.88 Å². The first-order valence-electron chi connectivity index (χ1n) is 9.65. The van der Waals surface area contributed by atoms with Crippen molar-refractivity contribution in [3.05, 3.63) is 75.8 Å². The Balaban J connectivity index is 1.51. The number of aromatic nitrogens is 5. The van der Waals surface area contributed by atoms with Crippen LogP contribution in [0.2, 0.25) is 5.02 Å². The average molecular weight is 433 g/mol. The Morgan fingerprint density at radius 3 is 2.84 bits per heavy atom. The Bertz CT molecular complexity index is 1560. The lowest BCUT2D eigenvalue weighted by atomic mass is 10.0. The summed E-state index contributed by atoms with van der Waals surface area (Å²) < 4.78 is 13.9. The number of halogens is 2. The molecule has 1 aliphatic heterocycles. The predicted octanol–water partition coefficient (Wildman–Crippen LogP) is 4.35. The Kier molecular flexibility index (Phi) is 3.85. The van der Waals surface area contributed by atoms with E-state index in [9.17, 15) is 9.18 Å². The topological polar surface area (TPSA) is 90.6 Å². The van der Waals surface area contributed by atoms with Crippen LogP contribution < -0.4 is 10.6 Å². The Labute approximate surface area is 179 Å².